The number of thiazole rings is 1. The summed E-state index contributed by atoms with van der Waals surface area (Å²) in [5, 5.41) is 8.06. The number of likely N-dealkylation sites (tertiary alicyclic amines) is 1. The zero-order chi connectivity index (χ0) is 17.6. The maximum absolute atomic E-state index is 12.2. The molecule has 0 saturated carbocycles. The van der Waals surface area contributed by atoms with Crippen LogP contribution in [0.5, 0.6) is 0 Å². The fourth-order valence-electron chi connectivity index (χ4n) is 2.66. The van der Waals surface area contributed by atoms with Crippen molar-refractivity contribution in [3.8, 4) is 0 Å². The van der Waals surface area contributed by atoms with Crippen LogP contribution in [-0.4, -0.2) is 47.9 Å². The molecule has 0 unspecified atom stereocenters. The van der Waals surface area contributed by atoms with Crippen LogP contribution < -0.4 is 10.6 Å². The van der Waals surface area contributed by atoms with Gasteiger partial charge in [0.25, 0.3) is 11.8 Å². The van der Waals surface area contributed by atoms with Crippen molar-refractivity contribution in [3.05, 3.63) is 45.9 Å². The van der Waals surface area contributed by atoms with E-state index in [9.17, 15) is 9.59 Å². The summed E-state index contributed by atoms with van der Waals surface area (Å²) in [5.41, 5.74) is 0.757. The Morgan fingerprint density at radius 2 is 2.04 bits per heavy atom. The van der Waals surface area contributed by atoms with Crippen molar-refractivity contribution in [1.82, 2.24) is 15.2 Å². The van der Waals surface area contributed by atoms with Crippen LogP contribution >= 0.6 is 22.9 Å². The van der Waals surface area contributed by atoms with Crippen LogP contribution in [0.2, 0.25) is 5.02 Å². The lowest BCUT2D eigenvalue weighted by molar-refractivity contribution is 0.0944. The standard InChI is InChI=1S/C17H19ClN4O2S/c18-13-5-3-4-12(10-13)15(23)21-17-20-14(11-25-17)16(24)19-6-9-22-7-1-2-8-22/h3-5,10-11H,1-2,6-9H2,(H,19,24)(H,20,21,23). The number of hydrogen-bond acceptors (Lipinski definition) is 5. The van der Waals surface area contributed by atoms with Crippen LogP contribution in [0.1, 0.15) is 33.7 Å². The van der Waals surface area contributed by atoms with Crippen LogP contribution in [0.4, 0.5) is 5.13 Å². The normalized spacial score (nSPS) is 14.4. The number of rotatable bonds is 6. The summed E-state index contributed by atoms with van der Waals surface area (Å²) in [4.78, 5) is 30.8. The third-order valence-corrected chi connectivity index (χ3v) is 4.95. The van der Waals surface area contributed by atoms with Gasteiger partial charge >= 0.3 is 0 Å². The topological polar surface area (TPSA) is 74.3 Å². The van der Waals surface area contributed by atoms with Gasteiger partial charge in [0, 0.05) is 29.1 Å². The van der Waals surface area contributed by atoms with Crippen LogP contribution in [0.3, 0.4) is 0 Å². The van der Waals surface area contributed by atoms with Crippen LogP contribution in [0, 0.1) is 0 Å². The van der Waals surface area contributed by atoms with Gasteiger partial charge in [0.1, 0.15) is 5.69 Å². The summed E-state index contributed by atoms with van der Waals surface area (Å²) in [6.45, 7) is 3.66. The van der Waals surface area contributed by atoms with Crippen molar-refractivity contribution in [1.29, 1.82) is 0 Å². The number of nitrogens with zero attached hydrogens (tertiary/aromatic N) is 2. The minimum absolute atomic E-state index is 0.223. The highest BCUT2D eigenvalue weighted by Gasteiger charge is 2.15. The molecule has 2 N–H and O–H groups in total. The van der Waals surface area contributed by atoms with E-state index in [2.05, 4.69) is 20.5 Å². The Bertz CT molecular complexity index is 759. The lowest BCUT2D eigenvalue weighted by Crippen LogP contribution is -2.33. The quantitative estimate of drug-likeness (QED) is 0.810. The molecule has 3 rings (SSSR count). The average Bonchev–Trinajstić information content (AvgIpc) is 3.26. The number of halogens is 1. The third-order valence-electron chi connectivity index (χ3n) is 3.96. The van der Waals surface area contributed by atoms with Crippen LogP contribution in [-0.2, 0) is 0 Å². The lowest BCUT2D eigenvalue weighted by Gasteiger charge is -2.14. The molecular formula is C17H19ClN4O2S. The molecule has 0 radical (unpaired) electrons. The molecule has 132 valence electrons. The Morgan fingerprint density at radius 1 is 1.24 bits per heavy atom. The van der Waals surface area contributed by atoms with E-state index in [0.717, 1.165) is 19.6 Å². The molecule has 1 saturated heterocycles. The predicted octanol–water partition coefficient (Wildman–Crippen LogP) is 2.87. The summed E-state index contributed by atoms with van der Waals surface area (Å²) in [6, 6.07) is 6.65. The molecule has 2 amide bonds. The van der Waals surface area contributed by atoms with E-state index in [1.807, 2.05) is 0 Å². The molecule has 1 aliphatic heterocycles. The van der Waals surface area contributed by atoms with Gasteiger partial charge in [0.2, 0.25) is 0 Å². The van der Waals surface area contributed by atoms with Gasteiger partial charge in [-0.3, -0.25) is 14.9 Å². The van der Waals surface area contributed by atoms with E-state index in [1.54, 1.807) is 29.6 Å². The van der Waals surface area contributed by atoms with Gasteiger partial charge < -0.3 is 10.2 Å². The second-order valence-corrected chi connectivity index (χ2v) is 7.10. The fraction of sp³-hybridized carbons (Fsp3) is 0.353. The second kappa shape index (κ2) is 8.42. The molecular weight excluding hydrogens is 360 g/mol. The Balaban J connectivity index is 1.51. The molecule has 25 heavy (non-hydrogen) atoms. The van der Waals surface area contributed by atoms with E-state index in [4.69, 9.17) is 11.6 Å². The van der Waals surface area contributed by atoms with E-state index >= 15 is 0 Å². The molecule has 1 aromatic heterocycles. The molecule has 8 heteroatoms. The first kappa shape index (κ1) is 17.8. The summed E-state index contributed by atoms with van der Waals surface area (Å²) in [5.74, 6) is -0.531. The summed E-state index contributed by atoms with van der Waals surface area (Å²) < 4.78 is 0. The fourth-order valence-corrected chi connectivity index (χ4v) is 3.53. The highest BCUT2D eigenvalue weighted by atomic mass is 35.5. The SMILES string of the molecule is O=C(Nc1nc(C(=O)NCCN2CCCC2)cs1)c1cccc(Cl)c1. The van der Waals surface area contributed by atoms with Gasteiger partial charge in [-0.1, -0.05) is 17.7 Å². The first-order valence-electron chi connectivity index (χ1n) is 8.15. The Morgan fingerprint density at radius 3 is 2.80 bits per heavy atom. The average molecular weight is 379 g/mol. The van der Waals surface area contributed by atoms with Gasteiger partial charge in [-0.2, -0.15) is 0 Å². The summed E-state index contributed by atoms with van der Waals surface area (Å²) >= 11 is 7.10. The molecule has 0 atom stereocenters. The molecule has 1 aliphatic rings. The number of carbonyl (C=O) groups excluding carboxylic acids is 2. The number of carbonyl (C=O) groups is 2. The van der Waals surface area contributed by atoms with E-state index in [-0.39, 0.29) is 11.8 Å². The molecule has 1 aromatic carbocycles. The lowest BCUT2D eigenvalue weighted by atomic mass is 10.2. The number of anilines is 1. The molecule has 1 fully saturated rings. The highest BCUT2D eigenvalue weighted by Crippen LogP contribution is 2.18. The number of benzene rings is 1. The minimum atomic E-state index is -0.308. The van der Waals surface area contributed by atoms with Crippen LogP contribution in [0.15, 0.2) is 29.6 Å². The number of hydrogen-bond donors (Lipinski definition) is 2. The zero-order valence-electron chi connectivity index (χ0n) is 13.6. The number of aromatic nitrogens is 1. The summed E-state index contributed by atoms with van der Waals surface area (Å²) in [6.07, 6.45) is 2.46. The molecule has 0 bridgehead atoms. The maximum Gasteiger partial charge on any atom is 0.270 e. The molecule has 2 aromatic rings. The largest absolute Gasteiger partial charge is 0.349 e. The van der Waals surface area contributed by atoms with Crippen molar-refractivity contribution in [2.24, 2.45) is 0 Å². The first-order chi connectivity index (χ1) is 12.1. The summed E-state index contributed by atoms with van der Waals surface area (Å²) in [7, 11) is 0. The monoisotopic (exact) mass is 378 g/mol. The van der Waals surface area contributed by atoms with Gasteiger partial charge in [0.15, 0.2) is 5.13 Å². The van der Waals surface area contributed by atoms with E-state index in [1.165, 1.54) is 24.2 Å². The van der Waals surface area contributed by atoms with Crippen molar-refractivity contribution in [2.75, 3.05) is 31.5 Å². The Kier molecular flexibility index (Phi) is 6.01. The van der Waals surface area contributed by atoms with Gasteiger partial charge in [-0.15, -0.1) is 11.3 Å². The number of amides is 2. The van der Waals surface area contributed by atoms with Crippen molar-refractivity contribution < 1.29 is 9.59 Å². The van der Waals surface area contributed by atoms with E-state index in [0.29, 0.717) is 28.0 Å². The van der Waals surface area contributed by atoms with Gasteiger partial charge in [-0.05, 0) is 44.1 Å². The zero-order valence-corrected chi connectivity index (χ0v) is 15.2. The van der Waals surface area contributed by atoms with Crippen molar-refractivity contribution in [2.45, 2.75) is 12.8 Å². The van der Waals surface area contributed by atoms with Gasteiger partial charge in [0.05, 0.1) is 0 Å². The Labute approximate surface area is 155 Å². The predicted molar refractivity (Wildman–Crippen MR) is 99.5 cm³/mol. The molecule has 0 spiro atoms. The number of nitrogens with one attached hydrogen (secondary N) is 2. The van der Waals surface area contributed by atoms with Crippen molar-refractivity contribution in [3.63, 3.8) is 0 Å². The van der Waals surface area contributed by atoms with Crippen molar-refractivity contribution >= 4 is 39.9 Å². The molecule has 6 nitrogen and oxygen atoms in total. The molecule has 2 heterocycles. The Hall–Kier alpha value is -1.96. The molecule has 0 aliphatic carbocycles. The minimum Gasteiger partial charge on any atom is -0.349 e. The van der Waals surface area contributed by atoms with E-state index < -0.39 is 0 Å². The maximum atomic E-state index is 12.2. The first-order valence-corrected chi connectivity index (χ1v) is 9.40. The van der Waals surface area contributed by atoms with Crippen LogP contribution in [0.25, 0.3) is 0 Å². The highest BCUT2D eigenvalue weighted by molar-refractivity contribution is 7.14. The third kappa shape index (κ3) is 5.01. The van der Waals surface area contributed by atoms with Gasteiger partial charge in [-0.25, -0.2) is 4.98 Å². The smallest absolute Gasteiger partial charge is 0.270 e. The second-order valence-electron chi connectivity index (χ2n) is 5.81.